The monoisotopic (exact) mass is 598 g/mol. The van der Waals surface area contributed by atoms with Crippen molar-refractivity contribution >= 4 is 17.8 Å². The lowest BCUT2D eigenvalue weighted by molar-refractivity contribution is -0.189. The molecule has 2 heterocycles. The third kappa shape index (κ3) is 5.17. The minimum absolute atomic E-state index is 0.00582. The Labute approximate surface area is 254 Å². The lowest BCUT2D eigenvalue weighted by Crippen LogP contribution is -2.74. The summed E-state index contributed by atoms with van der Waals surface area (Å²) in [6.45, 7) is 10.1. The molecular weight excluding hydrogens is 550 g/mol. The largest absolute Gasteiger partial charge is 0.349 e. The molecule has 2 saturated heterocycles. The van der Waals surface area contributed by atoms with E-state index in [1.165, 1.54) is 4.90 Å². The Kier molecular flexibility index (Phi) is 7.87. The smallest absolute Gasteiger partial charge is 0.327 e. The zero-order chi connectivity index (χ0) is 30.7. The van der Waals surface area contributed by atoms with E-state index in [0.717, 1.165) is 31.4 Å². The molecule has 5 atom stereocenters. The third-order valence-electron chi connectivity index (χ3n) is 11.2. The van der Waals surface area contributed by atoms with Gasteiger partial charge in [0.05, 0.1) is 6.04 Å². The standard InChI is InChI=1S/C34H48F2N4O3/c1-22(2)19-39-30(42)33(40(31(39)43)20-23(3)4)18-28-32(21-33)14-12-27(32)38(28)17-13-26(24-8-6-5-7-9-24)37-29(41)25-10-15-34(35,36)16-11-25/h5-9,22-23,25-28H,10-21H2,1-4H3,(H,37,41). The molecule has 0 radical (unpaired) electrons. The second-order valence-corrected chi connectivity index (χ2v) is 14.9. The fraction of sp³-hybridized carbons (Fsp3) is 0.735. The van der Waals surface area contributed by atoms with E-state index >= 15 is 0 Å². The highest BCUT2D eigenvalue weighted by Gasteiger charge is 2.76. The lowest BCUT2D eigenvalue weighted by Gasteiger charge is -2.68. The van der Waals surface area contributed by atoms with Crippen LogP contribution in [0.15, 0.2) is 30.3 Å². The van der Waals surface area contributed by atoms with E-state index in [9.17, 15) is 23.2 Å². The van der Waals surface area contributed by atoms with Gasteiger partial charge in [0.15, 0.2) is 0 Å². The van der Waals surface area contributed by atoms with E-state index in [-0.39, 0.29) is 78.8 Å². The van der Waals surface area contributed by atoms with Gasteiger partial charge in [-0.1, -0.05) is 58.0 Å². The van der Waals surface area contributed by atoms with Crippen molar-refractivity contribution in [2.45, 2.75) is 115 Å². The van der Waals surface area contributed by atoms with Gasteiger partial charge >= 0.3 is 6.03 Å². The van der Waals surface area contributed by atoms with Crippen molar-refractivity contribution in [3.8, 4) is 0 Å². The van der Waals surface area contributed by atoms with E-state index in [4.69, 9.17) is 0 Å². The van der Waals surface area contributed by atoms with Crippen LogP contribution >= 0.6 is 0 Å². The molecule has 5 fully saturated rings. The number of carbonyl (C=O) groups is 3. The molecule has 1 aromatic rings. The first-order chi connectivity index (χ1) is 20.4. The summed E-state index contributed by atoms with van der Waals surface area (Å²) in [5.74, 6) is -2.70. The summed E-state index contributed by atoms with van der Waals surface area (Å²) < 4.78 is 27.5. The number of hydrogen-bond acceptors (Lipinski definition) is 4. The predicted molar refractivity (Wildman–Crippen MR) is 160 cm³/mol. The third-order valence-corrected chi connectivity index (χ3v) is 11.2. The van der Waals surface area contributed by atoms with Gasteiger partial charge in [-0.3, -0.25) is 19.4 Å². The number of alkyl halides is 2. The molecule has 2 aliphatic heterocycles. The highest BCUT2D eigenvalue weighted by molar-refractivity contribution is 6.07. The van der Waals surface area contributed by atoms with Crippen molar-refractivity contribution in [1.29, 1.82) is 0 Å². The predicted octanol–water partition coefficient (Wildman–Crippen LogP) is 6.00. The minimum atomic E-state index is -2.66. The average Bonchev–Trinajstić information content (AvgIpc) is 3.39. The topological polar surface area (TPSA) is 73.0 Å². The van der Waals surface area contributed by atoms with Crippen LogP contribution in [0.2, 0.25) is 0 Å². The van der Waals surface area contributed by atoms with Gasteiger partial charge in [-0.2, -0.15) is 0 Å². The molecule has 43 heavy (non-hydrogen) atoms. The van der Waals surface area contributed by atoms with Crippen molar-refractivity contribution in [3.05, 3.63) is 35.9 Å². The van der Waals surface area contributed by atoms with Gasteiger partial charge < -0.3 is 10.2 Å². The first-order valence-corrected chi connectivity index (χ1v) is 16.5. The van der Waals surface area contributed by atoms with Crippen LogP contribution in [0.4, 0.5) is 13.6 Å². The van der Waals surface area contributed by atoms with Crippen molar-refractivity contribution < 1.29 is 23.2 Å². The Morgan fingerprint density at radius 2 is 1.63 bits per heavy atom. The summed E-state index contributed by atoms with van der Waals surface area (Å²) in [5.41, 5.74) is 0.340. The Morgan fingerprint density at radius 3 is 2.23 bits per heavy atom. The normalized spacial score (nSPS) is 32.7. The van der Waals surface area contributed by atoms with E-state index < -0.39 is 11.5 Å². The average molecular weight is 599 g/mol. The molecule has 5 unspecified atom stereocenters. The van der Waals surface area contributed by atoms with E-state index in [1.54, 1.807) is 0 Å². The van der Waals surface area contributed by atoms with E-state index in [0.29, 0.717) is 32.0 Å². The number of benzene rings is 1. The van der Waals surface area contributed by atoms with Crippen molar-refractivity contribution in [1.82, 2.24) is 20.0 Å². The summed E-state index contributed by atoms with van der Waals surface area (Å²) >= 11 is 0. The quantitative estimate of drug-likeness (QED) is 0.336. The molecule has 236 valence electrons. The molecule has 4 amide bonds. The molecule has 1 aromatic carbocycles. The van der Waals surface area contributed by atoms with E-state index in [2.05, 4.69) is 24.1 Å². The molecule has 2 spiro atoms. The Morgan fingerprint density at radius 1 is 0.953 bits per heavy atom. The number of carbonyl (C=O) groups excluding carboxylic acids is 3. The number of imide groups is 1. The molecule has 1 N–H and O–H groups in total. The zero-order valence-corrected chi connectivity index (χ0v) is 26.2. The number of nitrogens with zero attached hydrogens (tertiary/aromatic N) is 3. The van der Waals surface area contributed by atoms with Crippen LogP contribution in [0.5, 0.6) is 0 Å². The number of amides is 4. The fourth-order valence-electron chi connectivity index (χ4n) is 9.06. The number of halogens is 2. The number of urea groups is 1. The number of piperidine rings is 1. The van der Waals surface area contributed by atoms with Gasteiger partial charge in [0.25, 0.3) is 5.91 Å². The molecule has 0 aromatic heterocycles. The Bertz CT molecular complexity index is 1230. The van der Waals surface area contributed by atoms with Gasteiger partial charge in [-0.25, -0.2) is 13.6 Å². The number of hydrogen-bond donors (Lipinski definition) is 1. The van der Waals surface area contributed by atoms with Crippen molar-refractivity contribution in [2.75, 3.05) is 19.6 Å². The van der Waals surface area contributed by atoms with E-state index in [1.807, 2.05) is 49.1 Å². The van der Waals surface area contributed by atoms with Gasteiger partial charge in [-0.15, -0.1) is 0 Å². The van der Waals surface area contributed by atoms with Gasteiger partial charge in [-0.05, 0) is 62.3 Å². The van der Waals surface area contributed by atoms with Crippen molar-refractivity contribution in [3.63, 3.8) is 0 Å². The highest BCUT2D eigenvalue weighted by atomic mass is 19.3. The maximum absolute atomic E-state index is 14.1. The van der Waals surface area contributed by atoms with Crippen LogP contribution in [0, 0.1) is 23.2 Å². The summed E-state index contributed by atoms with van der Waals surface area (Å²) in [7, 11) is 0. The van der Waals surface area contributed by atoms with Crippen LogP contribution in [-0.4, -0.2) is 75.7 Å². The van der Waals surface area contributed by atoms with Crippen LogP contribution in [0.3, 0.4) is 0 Å². The minimum Gasteiger partial charge on any atom is -0.349 e. The van der Waals surface area contributed by atoms with Crippen LogP contribution in [0.1, 0.15) is 97.1 Å². The van der Waals surface area contributed by atoms with Gasteiger partial charge in [0.1, 0.15) is 5.54 Å². The Hall–Kier alpha value is -2.55. The number of rotatable bonds is 10. The first-order valence-electron chi connectivity index (χ1n) is 16.5. The lowest BCUT2D eigenvalue weighted by atomic mass is 9.53. The number of nitrogens with one attached hydrogen (secondary N) is 1. The molecule has 5 aliphatic rings. The molecule has 7 nitrogen and oxygen atoms in total. The second-order valence-electron chi connectivity index (χ2n) is 14.9. The maximum atomic E-state index is 14.1. The zero-order valence-electron chi connectivity index (χ0n) is 26.2. The summed E-state index contributed by atoms with van der Waals surface area (Å²) in [4.78, 5) is 47.0. The molecule has 9 heteroatoms. The van der Waals surface area contributed by atoms with Crippen LogP contribution in [-0.2, 0) is 9.59 Å². The molecule has 0 bridgehead atoms. The van der Waals surface area contributed by atoms with Crippen LogP contribution in [0.25, 0.3) is 0 Å². The van der Waals surface area contributed by atoms with Crippen molar-refractivity contribution in [2.24, 2.45) is 23.2 Å². The van der Waals surface area contributed by atoms with Gasteiger partial charge in [0.2, 0.25) is 11.8 Å². The summed E-state index contributed by atoms with van der Waals surface area (Å²) in [6.07, 6.45) is 4.29. The fourth-order valence-corrected chi connectivity index (χ4v) is 9.06. The summed E-state index contributed by atoms with van der Waals surface area (Å²) in [6, 6.07) is 10.2. The summed E-state index contributed by atoms with van der Waals surface area (Å²) in [5, 5.41) is 3.23. The van der Waals surface area contributed by atoms with Crippen LogP contribution < -0.4 is 5.32 Å². The van der Waals surface area contributed by atoms with Gasteiger partial charge in [0, 0.05) is 55.9 Å². The molecular formula is C34H48F2N4O3. The SMILES string of the molecule is CC(C)CN1C(=O)N(CC(C)C)C2(CC3N(CCC(NC(=O)C4CCC(F)(F)CC4)c4ccccc4)C4CCC43C2)C1=O. The first kappa shape index (κ1) is 30.5. The number of likely N-dealkylation sites (tertiary alicyclic amines) is 1. The second kappa shape index (κ2) is 11.1. The highest BCUT2D eigenvalue weighted by Crippen LogP contribution is 2.69. The molecule has 3 aliphatic carbocycles. The Balaban J connectivity index is 1.18. The maximum Gasteiger partial charge on any atom is 0.327 e. The molecule has 3 saturated carbocycles. The molecule has 6 rings (SSSR count).